The smallest absolute Gasteiger partial charge is 0.331 e. The Hall–Kier alpha value is -2.70. The summed E-state index contributed by atoms with van der Waals surface area (Å²) < 4.78 is 5.22. The van der Waals surface area contributed by atoms with Gasteiger partial charge in [0, 0.05) is 0 Å². The molecule has 1 aromatic carbocycles. The minimum atomic E-state index is -0.888. The standard InChI is InChI=1S/C19H22N2O5/c1-12-7-9-19(10-8-12)17(24)21(18(25)20-19)11-16(23)26-15-6-4-3-5-14(15)13(2)22/h3-6,12H,7-11H2,1-2H3,(H,20,25). The molecule has 1 aliphatic heterocycles. The molecular weight excluding hydrogens is 336 g/mol. The highest BCUT2D eigenvalue weighted by molar-refractivity contribution is 6.09. The second-order valence-electron chi connectivity index (χ2n) is 7.11. The molecule has 1 aliphatic carbocycles. The van der Waals surface area contributed by atoms with Crippen molar-refractivity contribution in [3.8, 4) is 5.75 Å². The number of nitrogens with zero attached hydrogens (tertiary/aromatic N) is 1. The van der Waals surface area contributed by atoms with Crippen LogP contribution in [0.15, 0.2) is 24.3 Å². The van der Waals surface area contributed by atoms with E-state index in [1.165, 1.54) is 13.0 Å². The van der Waals surface area contributed by atoms with Crippen molar-refractivity contribution in [3.05, 3.63) is 29.8 Å². The Labute approximate surface area is 151 Å². The van der Waals surface area contributed by atoms with E-state index in [4.69, 9.17) is 4.74 Å². The Balaban J connectivity index is 1.69. The minimum absolute atomic E-state index is 0.123. The molecule has 2 aliphatic rings. The molecule has 7 heteroatoms. The molecule has 3 amide bonds. The lowest BCUT2D eigenvalue weighted by molar-refractivity contribution is -0.141. The monoisotopic (exact) mass is 358 g/mol. The third kappa shape index (κ3) is 3.34. The quantitative estimate of drug-likeness (QED) is 0.386. The second-order valence-corrected chi connectivity index (χ2v) is 7.11. The number of benzene rings is 1. The number of carbonyl (C=O) groups excluding carboxylic acids is 4. The molecule has 2 fully saturated rings. The van der Waals surface area contributed by atoms with E-state index in [9.17, 15) is 19.2 Å². The number of hydrogen-bond donors (Lipinski definition) is 1. The fraction of sp³-hybridized carbons (Fsp3) is 0.474. The molecule has 0 aromatic heterocycles. The zero-order valence-electron chi connectivity index (χ0n) is 14.9. The number of imide groups is 1. The predicted molar refractivity (Wildman–Crippen MR) is 92.7 cm³/mol. The Morgan fingerprint density at radius 1 is 1.23 bits per heavy atom. The van der Waals surface area contributed by atoms with Crippen molar-refractivity contribution in [2.75, 3.05) is 6.54 Å². The molecule has 3 rings (SSSR count). The number of para-hydroxylation sites is 1. The lowest BCUT2D eigenvalue weighted by Gasteiger charge is -2.33. The van der Waals surface area contributed by atoms with Crippen LogP contribution in [-0.4, -0.2) is 40.7 Å². The summed E-state index contributed by atoms with van der Waals surface area (Å²) in [5.74, 6) is -0.723. The van der Waals surface area contributed by atoms with Gasteiger partial charge in [-0.1, -0.05) is 19.1 Å². The van der Waals surface area contributed by atoms with Crippen molar-refractivity contribution in [2.45, 2.75) is 45.1 Å². The van der Waals surface area contributed by atoms with Crippen LogP contribution in [0.5, 0.6) is 5.75 Å². The van der Waals surface area contributed by atoms with Gasteiger partial charge in [-0.2, -0.15) is 0 Å². The molecule has 0 unspecified atom stereocenters. The normalized spacial score (nSPS) is 25.3. The molecule has 1 saturated carbocycles. The number of urea groups is 1. The molecule has 0 bridgehead atoms. The van der Waals surface area contributed by atoms with Gasteiger partial charge in [-0.3, -0.25) is 14.5 Å². The van der Waals surface area contributed by atoms with Gasteiger partial charge in [-0.05, 0) is 50.7 Å². The lowest BCUT2D eigenvalue weighted by Crippen LogP contribution is -2.49. The minimum Gasteiger partial charge on any atom is -0.424 e. The Bertz CT molecular complexity index is 765. The number of carbonyl (C=O) groups is 4. The molecule has 0 radical (unpaired) electrons. The van der Waals surface area contributed by atoms with Crippen molar-refractivity contribution < 1.29 is 23.9 Å². The van der Waals surface area contributed by atoms with E-state index in [2.05, 4.69) is 12.2 Å². The van der Waals surface area contributed by atoms with Gasteiger partial charge in [-0.25, -0.2) is 9.59 Å². The van der Waals surface area contributed by atoms with Crippen LogP contribution >= 0.6 is 0 Å². The van der Waals surface area contributed by atoms with Crippen LogP contribution in [0.4, 0.5) is 4.79 Å². The zero-order valence-corrected chi connectivity index (χ0v) is 14.9. The molecule has 7 nitrogen and oxygen atoms in total. The summed E-state index contributed by atoms with van der Waals surface area (Å²) in [5, 5.41) is 2.76. The summed E-state index contributed by atoms with van der Waals surface area (Å²) in [7, 11) is 0. The number of hydrogen-bond acceptors (Lipinski definition) is 5. The largest absolute Gasteiger partial charge is 0.424 e. The number of amides is 3. The highest BCUT2D eigenvalue weighted by atomic mass is 16.5. The Morgan fingerprint density at radius 2 is 1.88 bits per heavy atom. The first-order valence-electron chi connectivity index (χ1n) is 8.77. The van der Waals surface area contributed by atoms with Crippen molar-refractivity contribution in [1.29, 1.82) is 0 Å². The van der Waals surface area contributed by atoms with Gasteiger partial charge in [0.25, 0.3) is 5.91 Å². The first-order valence-corrected chi connectivity index (χ1v) is 8.77. The molecule has 138 valence electrons. The first kappa shape index (κ1) is 18.1. The van der Waals surface area contributed by atoms with Crippen molar-refractivity contribution in [2.24, 2.45) is 5.92 Å². The topological polar surface area (TPSA) is 92.8 Å². The van der Waals surface area contributed by atoms with E-state index in [-0.39, 0.29) is 23.0 Å². The number of Topliss-reactive ketones (excluding diaryl/α,β-unsaturated/α-hetero) is 1. The summed E-state index contributed by atoms with van der Waals surface area (Å²) >= 11 is 0. The third-order valence-corrected chi connectivity index (χ3v) is 5.15. The molecule has 0 atom stereocenters. The van der Waals surface area contributed by atoms with Gasteiger partial charge in [0.05, 0.1) is 5.56 Å². The molecule has 1 aromatic rings. The number of nitrogens with one attached hydrogen (secondary N) is 1. The van der Waals surface area contributed by atoms with E-state index in [0.29, 0.717) is 18.8 Å². The molecule has 26 heavy (non-hydrogen) atoms. The number of ketones is 1. The summed E-state index contributed by atoms with van der Waals surface area (Å²) in [5.41, 5.74) is -0.614. The molecule has 1 saturated heterocycles. The fourth-order valence-corrected chi connectivity index (χ4v) is 3.54. The van der Waals surface area contributed by atoms with E-state index >= 15 is 0 Å². The van der Waals surface area contributed by atoms with Crippen LogP contribution in [0.25, 0.3) is 0 Å². The van der Waals surface area contributed by atoms with Gasteiger partial charge in [0.15, 0.2) is 5.78 Å². The van der Waals surface area contributed by atoms with Gasteiger partial charge < -0.3 is 10.1 Å². The predicted octanol–water partition coefficient (Wildman–Crippen LogP) is 2.30. The van der Waals surface area contributed by atoms with E-state index < -0.39 is 24.1 Å². The number of ether oxygens (including phenoxy) is 1. The first-order chi connectivity index (χ1) is 12.3. The molecule has 1 N–H and O–H groups in total. The second kappa shape index (κ2) is 6.90. The highest BCUT2D eigenvalue weighted by Crippen LogP contribution is 2.36. The Kier molecular flexibility index (Phi) is 4.80. The average molecular weight is 358 g/mol. The van der Waals surface area contributed by atoms with E-state index in [1.807, 2.05) is 0 Å². The summed E-state index contributed by atoms with van der Waals surface area (Å²) in [6.07, 6.45) is 2.88. The van der Waals surface area contributed by atoms with Crippen LogP contribution in [0, 0.1) is 5.92 Å². The highest BCUT2D eigenvalue weighted by Gasteiger charge is 2.52. The SMILES string of the molecule is CC(=O)c1ccccc1OC(=O)CN1C(=O)NC2(CCC(C)CC2)C1=O. The van der Waals surface area contributed by atoms with E-state index in [1.54, 1.807) is 18.2 Å². The van der Waals surface area contributed by atoms with Gasteiger partial charge >= 0.3 is 12.0 Å². The van der Waals surface area contributed by atoms with Crippen molar-refractivity contribution in [3.63, 3.8) is 0 Å². The average Bonchev–Trinajstić information content (AvgIpc) is 2.82. The van der Waals surface area contributed by atoms with Crippen molar-refractivity contribution >= 4 is 23.7 Å². The Morgan fingerprint density at radius 3 is 2.54 bits per heavy atom. The molecule has 1 spiro atoms. The van der Waals surface area contributed by atoms with Crippen LogP contribution in [0.1, 0.15) is 49.9 Å². The summed E-state index contributed by atoms with van der Waals surface area (Å²) in [6.45, 7) is 3.02. The van der Waals surface area contributed by atoms with Gasteiger partial charge in [0.2, 0.25) is 0 Å². The van der Waals surface area contributed by atoms with Crippen molar-refractivity contribution in [1.82, 2.24) is 10.2 Å². The fourth-order valence-electron chi connectivity index (χ4n) is 3.54. The van der Waals surface area contributed by atoms with Gasteiger partial charge in [-0.15, -0.1) is 0 Å². The van der Waals surface area contributed by atoms with Gasteiger partial charge in [0.1, 0.15) is 17.8 Å². The third-order valence-electron chi connectivity index (χ3n) is 5.15. The lowest BCUT2D eigenvalue weighted by atomic mass is 9.77. The number of esters is 1. The van der Waals surface area contributed by atoms with Crippen LogP contribution in [0.3, 0.4) is 0 Å². The van der Waals surface area contributed by atoms with Crippen LogP contribution < -0.4 is 10.1 Å². The molecule has 1 heterocycles. The summed E-state index contributed by atoms with van der Waals surface area (Å²) in [4.78, 5) is 49.7. The summed E-state index contributed by atoms with van der Waals surface area (Å²) in [6, 6.07) is 5.79. The maximum atomic E-state index is 12.7. The van der Waals surface area contributed by atoms with E-state index in [0.717, 1.165) is 17.7 Å². The maximum Gasteiger partial charge on any atom is 0.331 e. The van der Waals surface area contributed by atoms with Crippen LogP contribution in [-0.2, 0) is 9.59 Å². The maximum absolute atomic E-state index is 12.7. The number of rotatable bonds is 4. The zero-order chi connectivity index (χ0) is 18.9. The van der Waals surface area contributed by atoms with Crippen LogP contribution in [0.2, 0.25) is 0 Å². The molecular formula is C19H22N2O5.